The van der Waals surface area contributed by atoms with Gasteiger partial charge in [-0.1, -0.05) is 21.1 Å². The molecule has 0 aliphatic rings. The van der Waals surface area contributed by atoms with Crippen LogP contribution in [-0.2, 0) is 10.1 Å². The third-order valence-corrected chi connectivity index (χ3v) is 3.36. The van der Waals surface area contributed by atoms with Gasteiger partial charge in [0.1, 0.15) is 5.56 Å². The van der Waals surface area contributed by atoms with Crippen LogP contribution in [0.15, 0.2) is 33.3 Å². The first-order valence-corrected chi connectivity index (χ1v) is 6.88. The fourth-order valence-electron chi connectivity index (χ4n) is 1.67. The minimum Gasteiger partial charge on any atom is -0.465 e. The van der Waals surface area contributed by atoms with E-state index in [1.807, 2.05) is 0 Å². The quantitative estimate of drug-likeness (QED) is 0.449. The lowest BCUT2D eigenvalue weighted by Gasteiger charge is -2.05. The molecular formula is C13H7BrClF2NO4. The third-order valence-electron chi connectivity index (χ3n) is 2.66. The Bertz CT molecular complexity index is 725. The van der Waals surface area contributed by atoms with Crippen molar-refractivity contribution >= 4 is 39.3 Å². The van der Waals surface area contributed by atoms with E-state index < -0.39 is 34.2 Å². The minimum atomic E-state index is -4.01. The second-order valence-electron chi connectivity index (χ2n) is 4.06. The number of halogens is 4. The number of ketones is 1. The first-order chi connectivity index (χ1) is 10.3. The molecule has 116 valence electrons. The molecule has 0 amide bonds. The van der Waals surface area contributed by atoms with E-state index in [9.17, 15) is 18.4 Å². The highest BCUT2D eigenvalue weighted by Crippen LogP contribution is 2.36. The largest absolute Gasteiger partial charge is 0.465 e. The van der Waals surface area contributed by atoms with Crippen molar-refractivity contribution in [2.45, 2.75) is 5.38 Å². The summed E-state index contributed by atoms with van der Waals surface area (Å²) < 4.78 is 36.0. The highest BCUT2D eigenvalue weighted by atomic mass is 79.9. The van der Waals surface area contributed by atoms with Crippen LogP contribution in [-0.4, -0.2) is 24.0 Å². The van der Waals surface area contributed by atoms with Gasteiger partial charge in [-0.05, 0) is 35.9 Å². The number of nitrogens with zero attached hydrogens (tertiary/aromatic N) is 1. The van der Waals surface area contributed by atoms with E-state index in [1.165, 1.54) is 12.1 Å². The summed E-state index contributed by atoms with van der Waals surface area (Å²) in [5.41, 5.74) is -1.26. The van der Waals surface area contributed by atoms with Gasteiger partial charge in [0.25, 0.3) is 0 Å². The van der Waals surface area contributed by atoms with Crippen LogP contribution in [0.3, 0.4) is 0 Å². The van der Waals surface area contributed by atoms with Crippen molar-refractivity contribution in [3.63, 3.8) is 0 Å². The van der Waals surface area contributed by atoms with E-state index >= 15 is 0 Å². The Labute approximate surface area is 136 Å². The van der Waals surface area contributed by atoms with Gasteiger partial charge in [-0.2, -0.15) is 8.78 Å². The molecule has 0 saturated carbocycles. The minimum absolute atomic E-state index is 0.131. The summed E-state index contributed by atoms with van der Waals surface area (Å²) in [6, 6.07) is 6.01. The van der Waals surface area contributed by atoms with Gasteiger partial charge < -0.3 is 9.26 Å². The zero-order chi connectivity index (χ0) is 16.5. The van der Waals surface area contributed by atoms with Crippen LogP contribution >= 0.6 is 27.5 Å². The Hall–Kier alpha value is -1.80. The molecule has 0 aliphatic carbocycles. The highest BCUT2D eigenvalue weighted by molar-refractivity contribution is 9.10. The fraction of sp³-hybridized carbons (Fsp3) is 0.154. The summed E-state index contributed by atoms with van der Waals surface area (Å²) in [5, 5.41) is -0.756. The molecule has 1 heterocycles. The molecule has 2 aromatic rings. The molecule has 0 saturated heterocycles. The van der Waals surface area contributed by atoms with Gasteiger partial charge in [0, 0.05) is 10.0 Å². The predicted molar refractivity (Wildman–Crippen MR) is 75.2 cm³/mol. The maximum absolute atomic E-state index is 13.3. The second-order valence-corrected chi connectivity index (χ2v) is 5.45. The first-order valence-electron chi connectivity index (χ1n) is 5.71. The smallest absolute Gasteiger partial charge is 0.383 e. The molecule has 0 spiro atoms. The van der Waals surface area contributed by atoms with Crippen molar-refractivity contribution in [3.8, 4) is 0 Å². The van der Waals surface area contributed by atoms with Gasteiger partial charge in [-0.25, -0.2) is 4.79 Å². The maximum Gasteiger partial charge on any atom is 0.383 e. The molecule has 9 heteroatoms. The van der Waals surface area contributed by atoms with Crippen LogP contribution in [0, 0.1) is 0 Å². The summed E-state index contributed by atoms with van der Waals surface area (Å²) in [6.45, 7) is 0. The average molecular weight is 395 g/mol. The molecule has 5 nitrogen and oxygen atoms in total. The number of rotatable bonds is 4. The number of esters is 1. The second kappa shape index (κ2) is 6.13. The van der Waals surface area contributed by atoms with Crippen molar-refractivity contribution < 1.29 is 27.6 Å². The van der Waals surface area contributed by atoms with Crippen LogP contribution < -0.4 is 0 Å². The molecular weight excluding hydrogens is 387 g/mol. The molecule has 1 aromatic carbocycles. The molecule has 0 bridgehead atoms. The van der Waals surface area contributed by atoms with Crippen LogP contribution in [0.4, 0.5) is 8.78 Å². The lowest BCUT2D eigenvalue weighted by Crippen LogP contribution is -2.15. The normalized spacial score (nSPS) is 11.3. The number of hydrogen-bond acceptors (Lipinski definition) is 5. The standard InChI is InChI=1S/C13H7BrClF2NO4/c1-21-12(20)8-9(18-22-11(8)13(15,16)17)10(19)6-2-4-7(14)5-3-6/h2-5H,1H3. The van der Waals surface area contributed by atoms with Gasteiger partial charge in [0.2, 0.25) is 11.5 Å². The Morgan fingerprint density at radius 1 is 1.32 bits per heavy atom. The van der Waals surface area contributed by atoms with Crippen molar-refractivity contribution in [3.05, 3.63) is 51.3 Å². The molecule has 2 rings (SSSR count). The van der Waals surface area contributed by atoms with Crippen LogP contribution in [0.2, 0.25) is 0 Å². The lowest BCUT2D eigenvalue weighted by molar-refractivity contribution is 0.0490. The number of benzene rings is 1. The molecule has 0 unspecified atom stereocenters. The number of hydrogen-bond donors (Lipinski definition) is 0. The van der Waals surface area contributed by atoms with Gasteiger partial charge >= 0.3 is 11.4 Å². The van der Waals surface area contributed by atoms with Crippen LogP contribution in [0.25, 0.3) is 0 Å². The molecule has 0 atom stereocenters. The number of carbonyl (C=O) groups excluding carboxylic acids is 2. The van der Waals surface area contributed by atoms with E-state index in [2.05, 4.69) is 30.3 Å². The Balaban J connectivity index is 2.56. The molecule has 0 aliphatic heterocycles. The van der Waals surface area contributed by atoms with Crippen molar-refractivity contribution in [2.75, 3.05) is 7.11 Å². The van der Waals surface area contributed by atoms with E-state index in [0.29, 0.717) is 4.47 Å². The van der Waals surface area contributed by atoms with Gasteiger partial charge in [-0.15, -0.1) is 0 Å². The van der Waals surface area contributed by atoms with Crippen molar-refractivity contribution in [1.82, 2.24) is 5.16 Å². The Morgan fingerprint density at radius 3 is 2.41 bits per heavy atom. The summed E-state index contributed by atoms with van der Waals surface area (Å²) >= 11 is 8.05. The van der Waals surface area contributed by atoms with Crippen LogP contribution in [0.1, 0.15) is 32.2 Å². The summed E-state index contributed by atoms with van der Waals surface area (Å²) in [7, 11) is 0.972. The van der Waals surface area contributed by atoms with E-state index in [0.717, 1.165) is 7.11 Å². The lowest BCUT2D eigenvalue weighted by atomic mass is 10.0. The zero-order valence-corrected chi connectivity index (χ0v) is 13.2. The van der Waals surface area contributed by atoms with E-state index in [4.69, 9.17) is 11.6 Å². The first kappa shape index (κ1) is 16.6. The fourth-order valence-corrected chi connectivity index (χ4v) is 2.06. The Morgan fingerprint density at radius 2 is 1.91 bits per heavy atom. The van der Waals surface area contributed by atoms with E-state index in [1.54, 1.807) is 12.1 Å². The molecule has 0 radical (unpaired) electrons. The highest BCUT2D eigenvalue weighted by Gasteiger charge is 2.42. The van der Waals surface area contributed by atoms with Crippen LogP contribution in [0.5, 0.6) is 0 Å². The molecule has 1 aromatic heterocycles. The van der Waals surface area contributed by atoms with E-state index in [-0.39, 0.29) is 5.56 Å². The van der Waals surface area contributed by atoms with Crippen molar-refractivity contribution in [1.29, 1.82) is 0 Å². The monoisotopic (exact) mass is 393 g/mol. The maximum atomic E-state index is 13.3. The summed E-state index contributed by atoms with van der Waals surface area (Å²) in [5.74, 6) is -3.21. The average Bonchev–Trinajstić information content (AvgIpc) is 2.91. The van der Waals surface area contributed by atoms with Gasteiger partial charge in [-0.3, -0.25) is 4.79 Å². The number of alkyl halides is 3. The number of aromatic nitrogens is 1. The number of methoxy groups -OCH3 is 1. The molecule has 22 heavy (non-hydrogen) atoms. The SMILES string of the molecule is COC(=O)c1c(C(=O)c2ccc(Br)cc2)noc1C(F)(F)Cl. The van der Waals surface area contributed by atoms with Crippen molar-refractivity contribution in [2.24, 2.45) is 0 Å². The predicted octanol–water partition coefficient (Wildman–Crippen LogP) is 3.74. The molecule has 0 fully saturated rings. The molecule has 0 N–H and O–H groups in total. The topological polar surface area (TPSA) is 69.4 Å². The summed E-state index contributed by atoms with van der Waals surface area (Å²) in [4.78, 5) is 24.0. The zero-order valence-electron chi connectivity index (χ0n) is 10.9. The Kier molecular flexibility index (Phi) is 4.62. The number of ether oxygens (including phenoxy) is 1. The van der Waals surface area contributed by atoms with Gasteiger partial charge in [0.15, 0.2) is 5.69 Å². The van der Waals surface area contributed by atoms with Gasteiger partial charge in [0.05, 0.1) is 7.11 Å². The number of carbonyl (C=O) groups is 2. The third kappa shape index (κ3) is 3.17. The summed E-state index contributed by atoms with van der Waals surface area (Å²) in [6.07, 6.45) is 0.